The molecule has 0 amide bonds. The SMILES string of the molecule is C#Cc1c(F)ccc2cccc(-c3nc4c5c(nc(OC[C@@H]6C[C@@H](F)CN6C)nc5c3F)N3C[C@H]5C[C@@]3(CN5)CO4)c12. The number of likely N-dealkylation sites (N-methyl/N-ethyl adjacent to an activating group) is 1. The second kappa shape index (κ2) is 9.18. The van der Waals surface area contributed by atoms with Crippen molar-refractivity contribution in [2.24, 2.45) is 0 Å². The van der Waals surface area contributed by atoms with Gasteiger partial charge in [-0.05, 0) is 31.3 Å². The highest BCUT2D eigenvalue weighted by Gasteiger charge is 2.54. The molecule has 0 saturated carbocycles. The van der Waals surface area contributed by atoms with Crippen LogP contribution in [0.4, 0.5) is 19.0 Å². The van der Waals surface area contributed by atoms with E-state index in [9.17, 15) is 8.78 Å². The number of halogens is 3. The Morgan fingerprint density at radius 3 is 2.83 bits per heavy atom. The summed E-state index contributed by atoms with van der Waals surface area (Å²) in [6.07, 6.45) is 5.96. The van der Waals surface area contributed by atoms with Gasteiger partial charge in [0.05, 0.1) is 11.1 Å². The summed E-state index contributed by atoms with van der Waals surface area (Å²) < 4.78 is 57.9. The van der Waals surface area contributed by atoms with Crippen LogP contribution in [0.5, 0.6) is 11.9 Å². The summed E-state index contributed by atoms with van der Waals surface area (Å²) in [5.41, 5.74) is -0.0977. The lowest BCUT2D eigenvalue weighted by molar-refractivity contribution is 0.188. The van der Waals surface area contributed by atoms with E-state index in [4.69, 9.17) is 20.9 Å². The summed E-state index contributed by atoms with van der Waals surface area (Å²) in [4.78, 5) is 18.0. The highest BCUT2D eigenvalue weighted by molar-refractivity contribution is 6.03. The van der Waals surface area contributed by atoms with E-state index >= 15 is 4.39 Å². The van der Waals surface area contributed by atoms with E-state index in [2.05, 4.69) is 26.1 Å². The lowest BCUT2D eigenvalue weighted by Crippen LogP contribution is -2.55. The molecule has 0 radical (unpaired) electrons. The molecule has 42 heavy (non-hydrogen) atoms. The molecular weight excluding hydrogens is 545 g/mol. The van der Waals surface area contributed by atoms with Gasteiger partial charge in [0, 0.05) is 42.7 Å². The van der Waals surface area contributed by atoms with Gasteiger partial charge in [0.15, 0.2) is 5.82 Å². The van der Waals surface area contributed by atoms with E-state index in [0.29, 0.717) is 60.2 Å². The monoisotopic (exact) mass is 572 g/mol. The largest absolute Gasteiger partial charge is 0.475 e. The first-order valence-electron chi connectivity index (χ1n) is 14.1. The molecular formula is C31H27F3N6O2. The van der Waals surface area contributed by atoms with Crippen molar-refractivity contribution in [3.63, 3.8) is 0 Å². The number of nitrogens with one attached hydrogen (secondary N) is 1. The first kappa shape index (κ1) is 25.6. The van der Waals surface area contributed by atoms with Crippen molar-refractivity contribution in [1.82, 2.24) is 25.2 Å². The van der Waals surface area contributed by atoms with Crippen LogP contribution in [0, 0.1) is 24.0 Å². The Hall–Kier alpha value is -4.14. The average Bonchev–Trinajstić information content (AvgIpc) is 3.64. The van der Waals surface area contributed by atoms with Gasteiger partial charge in [-0.15, -0.1) is 6.42 Å². The Kier molecular flexibility index (Phi) is 5.59. The normalized spacial score (nSPS) is 26.4. The third-order valence-corrected chi connectivity index (χ3v) is 9.20. The lowest BCUT2D eigenvalue weighted by atomic mass is 9.96. The van der Waals surface area contributed by atoms with Crippen LogP contribution in [-0.4, -0.2) is 83.5 Å². The molecule has 4 atom stereocenters. The Morgan fingerprint density at radius 1 is 1.17 bits per heavy atom. The van der Waals surface area contributed by atoms with Crippen molar-refractivity contribution >= 4 is 27.5 Å². The highest BCUT2D eigenvalue weighted by atomic mass is 19.1. The molecule has 4 aliphatic heterocycles. The van der Waals surface area contributed by atoms with E-state index in [1.54, 1.807) is 24.3 Å². The number of hydrogen-bond acceptors (Lipinski definition) is 8. The molecule has 1 N–H and O–H groups in total. The Bertz CT molecular complexity index is 1830. The quantitative estimate of drug-likeness (QED) is 0.370. The number of hydrogen-bond donors (Lipinski definition) is 1. The van der Waals surface area contributed by atoms with Gasteiger partial charge in [0.2, 0.25) is 5.88 Å². The van der Waals surface area contributed by atoms with Gasteiger partial charge in [-0.3, -0.25) is 4.90 Å². The number of likely N-dealkylation sites (tertiary alicyclic amines) is 1. The van der Waals surface area contributed by atoms with E-state index < -0.39 is 17.8 Å². The van der Waals surface area contributed by atoms with Crippen molar-refractivity contribution in [2.75, 3.05) is 44.8 Å². The molecule has 4 aromatic rings. The smallest absolute Gasteiger partial charge is 0.319 e. The maximum atomic E-state index is 16.7. The molecule has 0 aliphatic carbocycles. The molecule has 214 valence electrons. The van der Waals surface area contributed by atoms with E-state index in [1.807, 2.05) is 11.9 Å². The minimum atomic E-state index is -0.928. The summed E-state index contributed by atoms with van der Waals surface area (Å²) in [5, 5.41) is 4.91. The first-order valence-corrected chi connectivity index (χ1v) is 14.1. The third-order valence-electron chi connectivity index (χ3n) is 9.20. The molecule has 0 unspecified atom stereocenters. The van der Waals surface area contributed by atoms with Gasteiger partial charge in [-0.1, -0.05) is 30.2 Å². The number of alkyl halides is 1. The van der Waals surface area contributed by atoms with Gasteiger partial charge in [-0.2, -0.15) is 9.97 Å². The van der Waals surface area contributed by atoms with Crippen LogP contribution < -0.4 is 19.7 Å². The number of rotatable bonds is 4. The minimum absolute atomic E-state index is 0.00345. The maximum absolute atomic E-state index is 16.7. The Labute approximate surface area is 239 Å². The van der Waals surface area contributed by atoms with Crippen LogP contribution in [0.15, 0.2) is 30.3 Å². The van der Waals surface area contributed by atoms with Crippen LogP contribution in [0.2, 0.25) is 0 Å². The maximum Gasteiger partial charge on any atom is 0.319 e. The second-order valence-corrected chi connectivity index (χ2v) is 11.7. The highest BCUT2D eigenvalue weighted by Crippen LogP contribution is 2.47. The van der Waals surface area contributed by atoms with Crippen molar-refractivity contribution in [2.45, 2.75) is 36.6 Å². The number of fused-ring (bicyclic) bond motifs is 3. The number of benzene rings is 2. The predicted molar refractivity (Wildman–Crippen MR) is 152 cm³/mol. The minimum Gasteiger partial charge on any atom is -0.475 e. The van der Waals surface area contributed by atoms with Gasteiger partial charge in [0.1, 0.15) is 47.6 Å². The fraction of sp³-hybridized carbons (Fsp3) is 0.387. The molecule has 3 saturated heterocycles. The molecule has 6 heterocycles. The average molecular weight is 573 g/mol. The summed E-state index contributed by atoms with van der Waals surface area (Å²) in [7, 11) is 1.85. The Balaban J connectivity index is 1.34. The zero-order valence-electron chi connectivity index (χ0n) is 22.8. The standard InChI is InChI=1S/C31H27F3N6O2/c1-3-20-22(33)8-7-16-5-4-6-21(23(16)20)26-25(34)27-24-28(38-30(37-27)41-13-19-9-17(32)11-39(19)2)40-12-18-10-31(40,14-35-18)15-42-29(24)36-26/h1,4-8,17-19,35H,9-15H2,2H3/t17-,18-,19+,31-/m1/s1. The predicted octanol–water partition coefficient (Wildman–Crippen LogP) is 3.84. The summed E-state index contributed by atoms with van der Waals surface area (Å²) in [6, 6.07) is 8.19. The molecule has 2 bridgehead atoms. The zero-order valence-corrected chi connectivity index (χ0v) is 22.8. The van der Waals surface area contributed by atoms with Crippen molar-refractivity contribution in [1.29, 1.82) is 0 Å². The van der Waals surface area contributed by atoms with Crippen LogP contribution in [0.3, 0.4) is 0 Å². The number of aromatic nitrogens is 3. The molecule has 8 rings (SSSR count). The lowest BCUT2D eigenvalue weighted by Gasteiger charge is -2.37. The molecule has 8 nitrogen and oxygen atoms in total. The van der Waals surface area contributed by atoms with E-state index in [-0.39, 0.29) is 52.9 Å². The van der Waals surface area contributed by atoms with Crippen molar-refractivity contribution in [3.05, 3.63) is 47.5 Å². The van der Waals surface area contributed by atoms with Crippen molar-refractivity contribution in [3.8, 4) is 35.5 Å². The molecule has 2 aromatic heterocycles. The number of anilines is 1. The fourth-order valence-corrected chi connectivity index (χ4v) is 7.10. The molecule has 11 heteroatoms. The first-order chi connectivity index (χ1) is 20.3. The van der Waals surface area contributed by atoms with Crippen LogP contribution in [0.1, 0.15) is 18.4 Å². The number of pyridine rings is 1. The van der Waals surface area contributed by atoms with Crippen LogP contribution in [-0.2, 0) is 0 Å². The molecule has 1 spiro atoms. The number of piperazine rings is 1. The second-order valence-electron chi connectivity index (χ2n) is 11.7. The van der Waals surface area contributed by atoms with Gasteiger partial charge in [0.25, 0.3) is 0 Å². The molecule has 2 aromatic carbocycles. The number of terminal acetylenes is 1. The zero-order chi connectivity index (χ0) is 28.7. The van der Waals surface area contributed by atoms with Crippen molar-refractivity contribution < 1.29 is 22.6 Å². The molecule has 4 aliphatic rings. The third kappa shape index (κ3) is 3.68. The van der Waals surface area contributed by atoms with Gasteiger partial charge < -0.3 is 19.7 Å². The summed E-state index contributed by atoms with van der Waals surface area (Å²) in [5.74, 6) is 1.82. The topological polar surface area (TPSA) is 75.6 Å². The van der Waals surface area contributed by atoms with Gasteiger partial charge >= 0.3 is 6.01 Å². The molecule has 3 fully saturated rings. The number of ether oxygens (including phenoxy) is 2. The fourth-order valence-electron chi connectivity index (χ4n) is 7.10. The van der Waals surface area contributed by atoms with Crippen LogP contribution in [0.25, 0.3) is 32.9 Å². The van der Waals surface area contributed by atoms with E-state index in [1.165, 1.54) is 6.07 Å². The van der Waals surface area contributed by atoms with Crippen LogP contribution >= 0.6 is 0 Å². The number of nitrogens with zero attached hydrogens (tertiary/aromatic N) is 5. The summed E-state index contributed by atoms with van der Waals surface area (Å²) >= 11 is 0. The van der Waals surface area contributed by atoms with E-state index in [0.717, 1.165) is 6.42 Å². The summed E-state index contributed by atoms with van der Waals surface area (Å²) in [6.45, 7) is 2.16. The Morgan fingerprint density at radius 2 is 2.05 bits per heavy atom. The van der Waals surface area contributed by atoms with Gasteiger partial charge in [-0.25, -0.2) is 18.2 Å².